The minimum absolute atomic E-state index is 0.141. The molecule has 1 N–H and O–H groups in total. The lowest BCUT2D eigenvalue weighted by molar-refractivity contribution is 0.102. The summed E-state index contributed by atoms with van der Waals surface area (Å²) in [7, 11) is 1.83. The van der Waals surface area contributed by atoms with E-state index in [4.69, 9.17) is 0 Å². The number of nitrogens with one attached hydrogen (secondary N) is 1. The molecule has 0 spiro atoms. The van der Waals surface area contributed by atoms with Gasteiger partial charge in [0, 0.05) is 31.0 Å². The first-order valence-corrected chi connectivity index (χ1v) is 8.29. The third kappa shape index (κ3) is 4.63. The van der Waals surface area contributed by atoms with Crippen LogP contribution in [0, 0.1) is 18.6 Å². The van der Waals surface area contributed by atoms with Gasteiger partial charge in [-0.1, -0.05) is 30.3 Å². The summed E-state index contributed by atoms with van der Waals surface area (Å²) in [6, 6.07) is 14.5. The number of aryl methyl sites for hydroxylation is 1. The van der Waals surface area contributed by atoms with Crippen molar-refractivity contribution in [1.29, 1.82) is 0 Å². The number of carbonyl (C=O) groups excluding carboxylic acids is 1. The average Bonchev–Trinajstić information content (AvgIpc) is 2.65. The summed E-state index contributed by atoms with van der Waals surface area (Å²) in [5, 5.41) is 2.51. The molecule has 0 saturated heterocycles. The van der Waals surface area contributed by atoms with E-state index in [1.54, 1.807) is 6.92 Å². The van der Waals surface area contributed by atoms with Gasteiger partial charge < -0.3 is 10.2 Å². The van der Waals surface area contributed by atoms with Crippen molar-refractivity contribution in [3.05, 3.63) is 83.2 Å². The maximum atomic E-state index is 13.3. The number of amides is 1. The van der Waals surface area contributed by atoms with Crippen molar-refractivity contribution in [3.8, 4) is 0 Å². The molecule has 7 heteroatoms. The second kappa shape index (κ2) is 7.90. The molecule has 0 aliphatic heterocycles. The van der Waals surface area contributed by atoms with Crippen molar-refractivity contribution in [3.63, 3.8) is 0 Å². The second-order valence-corrected chi connectivity index (χ2v) is 6.12. The molecule has 0 radical (unpaired) electrons. The Kier molecular flexibility index (Phi) is 5.40. The normalized spacial score (nSPS) is 10.5. The Morgan fingerprint density at radius 3 is 2.48 bits per heavy atom. The highest BCUT2D eigenvalue weighted by Gasteiger charge is 2.14. The SMILES string of the molecule is Cc1cc(C(=O)Nc2ccc(F)c(F)c2)nc(N(C)Cc2ccccc2)n1. The maximum Gasteiger partial charge on any atom is 0.274 e. The Labute approximate surface area is 155 Å². The van der Waals surface area contributed by atoms with Crippen LogP contribution in [0.5, 0.6) is 0 Å². The van der Waals surface area contributed by atoms with Crippen LogP contribution in [0.25, 0.3) is 0 Å². The van der Waals surface area contributed by atoms with Crippen molar-refractivity contribution < 1.29 is 13.6 Å². The number of aromatic nitrogens is 2. The molecule has 0 saturated carbocycles. The van der Waals surface area contributed by atoms with Gasteiger partial charge in [0.25, 0.3) is 5.91 Å². The van der Waals surface area contributed by atoms with Crippen molar-refractivity contribution >= 4 is 17.5 Å². The minimum Gasteiger partial charge on any atom is -0.340 e. The molecular formula is C20H18F2N4O. The molecule has 3 aromatic rings. The third-order valence-corrected chi connectivity index (χ3v) is 3.86. The van der Waals surface area contributed by atoms with Gasteiger partial charge in [-0.3, -0.25) is 4.79 Å². The molecule has 0 bridgehead atoms. The Hall–Kier alpha value is -3.35. The van der Waals surface area contributed by atoms with Gasteiger partial charge in [0.15, 0.2) is 11.6 Å². The third-order valence-electron chi connectivity index (χ3n) is 3.86. The molecule has 1 amide bonds. The number of anilines is 2. The van der Waals surface area contributed by atoms with Gasteiger partial charge in [0.05, 0.1) is 0 Å². The van der Waals surface area contributed by atoms with Crippen LogP contribution in [-0.2, 0) is 6.54 Å². The topological polar surface area (TPSA) is 58.1 Å². The largest absolute Gasteiger partial charge is 0.340 e. The number of nitrogens with zero attached hydrogens (tertiary/aromatic N) is 3. The van der Waals surface area contributed by atoms with E-state index >= 15 is 0 Å². The lowest BCUT2D eigenvalue weighted by atomic mass is 10.2. The van der Waals surface area contributed by atoms with Crippen LogP contribution in [0.15, 0.2) is 54.6 Å². The monoisotopic (exact) mass is 368 g/mol. The van der Waals surface area contributed by atoms with Crippen molar-refractivity contribution in [2.24, 2.45) is 0 Å². The highest BCUT2D eigenvalue weighted by Crippen LogP contribution is 2.16. The van der Waals surface area contributed by atoms with E-state index in [0.717, 1.165) is 17.7 Å². The molecule has 27 heavy (non-hydrogen) atoms. The van der Waals surface area contributed by atoms with E-state index in [1.165, 1.54) is 12.1 Å². The predicted molar refractivity (Wildman–Crippen MR) is 99.6 cm³/mol. The molecule has 0 aliphatic rings. The number of carbonyl (C=O) groups is 1. The summed E-state index contributed by atoms with van der Waals surface area (Å²) in [5.74, 6) is -2.14. The van der Waals surface area contributed by atoms with Gasteiger partial charge in [-0.2, -0.15) is 0 Å². The maximum absolute atomic E-state index is 13.3. The molecule has 0 unspecified atom stereocenters. The average molecular weight is 368 g/mol. The van der Waals surface area contributed by atoms with Gasteiger partial charge in [0.2, 0.25) is 5.95 Å². The second-order valence-electron chi connectivity index (χ2n) is 6.12. The van der Waals surface area contributed by atoms with E-state index in [9.17, 15) is 13.6 Å². The zero-order valence-electron chi connectivity index (χ0n) is 14.9. The Balaban J connectivity index is 1.79. The predicted octanol–water partition coefficient (Wildman–Crippen LogP) is 3.95. The smallest absolute Gasteiger partial charge is 0.274 e. The molecule has 2 aromatic carbocycles. The van der Waals surface area contributed by atoms with Crippen LogP contribution in [0.2, 0.25) is 0 Å². The molecule has 1 heterocycles. The lowest BCUT2D eigenvalue weighted by Crippen LogP contribution is -2.22. The molecule has 138 valence electrons. The molecule has 1 aromatic heterocycles. The van der Waals surface area contributed by atoms with Crippen LogP contribution in [-0.4, -0.2) is 22.9 Å². The van der Waals surface area contributed by atoms with Crippen LogP contribution in [0.3, 0.4) is 0 Å². The van der Waals surface area contributed by atoms with Crippen molar-refractivity contribution in [2.45, 2.75) is 13.5 Å². The highest BCUT2D eigenvalue weighted by atomic mass is 19.2. The molecule has 3 rings (SSSR count). The zero-order valence-corrected chi connectivity index (χ0v) is 14.9. The van der Waals surface area contributed by atoms with Gasteiger partial charge in [-0.25, -0.2) is 18.7 Å². The first kappa shape index (κ1) is 18.4. The molecule has 0 atom stereocenters. The fourth-order valence-corrected chi connectivity index (χ4v) is 2.54. The molecule has 0 fully saturated rings. The van der Waals surface area contributed by atoms with E-state index in [1.807, 2.05) is 42.3 Å². The summed E-state index contributed by atoms with van der Waals surface area (Å²) in [6.45, 7) is 2.34. The van der Waals surface area contributed by atoms with Crippen LogP contribution < -0.4 is 10.2 Å². The number of hydrogen-bond acceptors (Lipinski definition) is 4. The minimum atomic E-state index is -1.03. The summed E-state index contributed by atoms with van der Waals surface area (Å²) in [4.78, 5) is 23.0. The van der Waals surface area contributed by atoms with E-state index in [2.05, 4.69) is 15.3 Å². The van der Waals surface area contributed by atoms with Gasteiger partial charge in [-0.05, 0) is 30.7 Å². The zero-order chi connectivity index (χ0) is 19.4. The van der Waals surface area contributed by atoms with Crippen LogP contribution in [0.1, 0.15) is 21.7 Å². The lowest BCUT2D eigenvalue weighted by Gasteiger charge is -2.18. The Morgan fingerprint density at radius 2 is 1.78 bits per heavy atom. The quantitative estimate of drug-likeness (QED) is 0.741. The van der Waals surface area contributed by atoms with Crippen molar-refractivity contribution in [2.75, 3.05) is 17.3 Å². The summed E-state index contributed by atoms with van der Waals surface area (Å²) in [6.07, 6.45) is 0. The van der Waals surface area contributed by atoms with Crippen LogP contribution >= 0.6 is 0 Å². The summed E-state index contributed by atoms with van der Waals surface area (Å²) < 4.78 is 26.3. The standard InChI is InChI=1S/C20H18F2N4O/c1-13-10-18(19(27)24-15-8-9-16(21)17(22)11-15)25-20(23-13)26(2)12-14-6-4-3-5-7-14/h3-11H,12H2,1-2H3,(H,24,27). The Morgan fingerprint density at radius 1 is 1.04 bits per heavy atom. The number of rotatable bonds is 5. The fourth-order valence-electron chi connectivity index (χ4n) is 2.54. The number of benzene rings is 2. The van der Waals surface area contributed by atoms with Crippen molar-refractivity contribution in [1.82, 2.24) is 9.97 Å². The van der Waals surface area contributed by atoms with E-state index < -0.39 is 17.5 Å². The molecule has 5 nitrogen and oxygen atoms in total. The number of hydrogen-bond donors (Lipinski definition) is 1. The highest BCUT2D eigenvalue weighted by molar-refractivity contribution is 6.03. The Bertz CT molecular complexity index is 963. The van der Waals surface area contributed by atoms with Gasteiger partial charge >= 0.3 is 0 Å². The van der Waals surface area contributed by atoms with E-state index in [-0.39, 0.29) is 11.4 Å². The first-order valence-electron chi connectivity index (χ1n) is 8.29. The number of halogens is 2. The molecular weight excluding hydrogens is 350 g/mol. The summed E-state index contributed by atoms with van der Waals surface area (Å²) in [5.41, 5.74) is 1.99. The fraction of sp³-hybridized carbons (Fsp3) is 0.150. The van der Waals surface area contributed by atoms with Gasteiger partial charge in [0.1, 0.15) is 5.69 Å². The van der Waals surface area contributed by atoms with Gasteiger partial charge in [-0.15, -0.1) is 0 Å². The van der Waals surface area contributed by atoms with E-state index in [0.29, 0.717) is 18.2 Å². The summed E-state index contributed by atoms with van der Waals surface area (Å²) >= 11 is 0. The molecule has 0 aliphatic carbocycles. The van der Waals surface area contributed by atoms with Crippen LogP contribution in [0.4, 0.5) is 20.4 Å². The first-order chi connectivity index (χ1) is 12.9.